The zero-order chi connectivity index (χ0) is 20.9. The molecule has 0 spiro atoms. The van der Waals surface area contributed by atoms with Crippen molar-refractivity contribution in [1.29, 1.82) is 0 Å². The van der Waals surface area contributed by atoms with Crippen molar-refractivity contribution < 1.29 is 9.53 Å². The van der Waals surface area contributed by atoms with Gasteiger partial charge in [0, 0.05) is 18.7 Å². The van der Waals surface area contributed by atoms with Crippen LogP contribution in [0.25, 0.3) is 21.1 Å². The zero-order valence-corrected chi connectivity index (χ0v) is 18.2. The first kappa shape index (κ1) is 20.4. The minimum Gasteiger partial charge on any atom is -0.450 e. The van der Waals surface area contributed by atoms with E-state index in [4.69, 9.17) is 9.72 Å². The maximum atomic E-state index is 11.6. The van der Waals surface area contributed by atoms with Crippen LogP contribution in [0.1, 0.15) is 32.4 Å². The van der Waals surface area contributed by atoms with E-state index in [0.29, 0.717) is 19.1 Å². The molecule has 1 aliphatic heterocycles. The van der Waals surface area contributed by atoms with E-state index in [9.17, 15) is 4.79 Å². The quantitative estimate of drug-likeness (QED) is 0.599. The van der Waals surface area contributed by atoms with Crippen LogP contribution in [0.2, 0.25) is 0 Å². The number of H-pyrrole nitrogens is 1. The molecule has 2 aromatic heterocycles. The summed E-state index contributed by atoms with van der Waals surface area (Å²) in [5, 5.41) is 11.3. The van der Waals surface area contributed by atoms with Crippen LogP contribution in [-0.4, -0.2) is 41.0 Å². The number of rotatable bonds is 6. The van der Waals surface area contributed by atoms with Gasteiger partial charge in [-0.25, -0.2) is 9.78 Å². The predicted octanol–water partition coefficient (Wildman–Crippen LogP) is 4.68. The van der Waals surface area contributed by atoms with Gasteiger partial charge in [0.05, 0.1) is 23.7 Å². The highest BCUT2D eigenvalue weighted by molar-refractivity contribution is 7.19. The molecule has 0 aliphatic carbocycles. The van der Waals surface area contributed by atoms with E-state index in [1.165, 1.54) is 12.8 Å². The summed E-state index contributed by atoms with van der Waals surface area (Å²) in [5.41, 5.74) is 2.79. The molecule has 1 amide bonds. The number of aromatic nitrogens is 3. The smallest absolute Gasteiger partial charge is 0.407 e. The second-order valence-electron chi connectivity index (χ2n) is 7.58. The Morgan fingerprint density at radius 1 is 1.37 bits per heavy atom. The number of nitrogens with zero attached hydrogens (tertiary/aromatic N) is 3. The molecule has 1 unspecified atom stereocenters. The Morgan fingerprint density at radius 3 is 2.97 bits per heavy atom. The number of hydrogen-bond donors (Lipinski definition) is 2. The molecule has 0 saturated carbocycles. The first-order valence-corrected chi connectivity index (χ1v) is 11.2. The maximum absolute atomic E-state index is 11.6. The van der Waals surface area contributed by atoms with Crippen LogP contribution >= 0.6 is 11.3 Å². The molecule has 1 fully saturated rings. The van der Waals surface area contributed by atoms with Gasteiger partial charge in [-0.15, -0.1) is 11.3 Å². The number of hydrogen-bond acceptors (Lipinski definition) is 6. The van der Waals surface area contributed by atoms with Gasteiger partial charge in [0.1, 0.15) is 16.5 Å². The molecule has 0 bridgehead atoms. The minimum atomic E-state index is -0.430. The van der Waals surface area contributed by atoms with Gasteiger partial charge < -0.3 is 15.0 Å². The Labute approximate surface area is 180 Å². The lowest BCUT2D eigenvalue weighted by Gasteiger charge is -2.31. The van der Waals surface area contributed by atoms with Gasteiger partial charge in [-0.2, -0.15) is 5.10 Å². The summed E-state index contributed by atoms with van der Waals surface area (Å²) in [5.74, 6) is 1.65. The number of amides is 1. The highest BCUT2D eigenvalue weighted by atomic mass is 32.1. The Morgan fingerprint density at radius 2 is 2.20 bits per heavy atom. The largest absolute Gasteiger partial charge is 0.450 e. The third-order valence-corrected chi connectivity index (χ3v) is 6.26. The molecule has 158 valence electrons. The monoisotopic (exact) mass is 425 g/mol. The number of carbonyl (C=O) groups excluding carboxylic acids is 1. The van der Waals surface area contributed by atoms with Gasteiger partial charge in [0.15, 0.2) is 0 Å². The summed E-state index contributed by atoms with van der Waals surface area (Å²) in [6.07, 6.45) is 2.00. The minimum absolute atomic E-state index is 0.340. The van der Waals surface area contributed by atoms with Crippen molar-refractivity contribution in [3.63, 3.8) is 0 Å². The van der Waals surface area contributed by atoms with E-state index in [1.54, 1.807) is 18.3 Å². The van der Waals surface area contributed by atoms with Crippen molar-refractivity contribution in [2.75, 3.05) is 24.6 Å². The summed E-state index contributed by atoms with van der Waals surface area (Å²) >= 11 is 1.66. The number of carbonyl (C=O) groups is 1. The van der Waals surface area contributed by atoms with Crippen molar-refractivity contribution in [2.45, 2.75) is 33.2 Å². The van der Waals surface area contributed by atoms with E-state index in [0.717, 1.165) is 45.7 Å². The van der Waals surface area contributed by atoms with E-state index in [-0.39, 0.29) is 0 Å². The van der Waals surface area contributed by atoms with E-state index < -0.39 is 6.09 Å². The lowest BCUT2D eigenvalue weighted by atomic mass is 10.0. The van der Waals surface area contributed by atoms with Crippen LogP contribution in [-0.2, 0) is 11.3 Å². The summed E-state index contributed by atoms with van der Waals surface area (Å²) in [7, 11) is 0. The molecule has 2 N–H and O–H groups in total. The summed E-state index contributed by atoms with van der Waals surface area (Å²) in [4.78, 5) is 20.0. The molecule has 4 rings (SSSR count). The van der Waals surface area contributed by atoms with E-state index >= 15 is 0 Å². The van der Waals surface area contributed by atoms with Crippen molar-refractivity contribution in [1.82, 2.24) is 20.5 Å². The second-order valence-corrected chi connectivity index (χ2v) is 8.58. The van der Waals surface area contributed by atoms with Crippen LogP contribution in [0, 0.1) is 5.92 Å². The van der Waals surface area contributed by atoms with Crippen LogP contribution in [0.15, 0.2) is 36.4 Å². The number of thiazole rings is 1. The predicted molar refractivity (Wildman–Crippen MR) is 120 cm³/mol. The van der Waals surface area contributed by atoms with Gasteiger partial charge in [0.2, 0.25) is 0 Å². The Bertz CT molecular complexity index is 985. The first-order chi connectivity index (χ1) is 14.6. The standard InChI is InChI=1S/C22H27N5O2S/c1-3-29-22(28)23-13-17-12-18(26-25-17)19-20(27-11-7-8-15(2)14-27)24-21(30-19)16-9-5-4-6-10-16/h4-6,9-10,12,15H,3,7-8,11,13-14H2,1-2H3,(H,23,28)(H,25,26). The number of piperidine rings is 1. The molecule has 3 heterocycles. The van der Waals surface area contributed by atoms with E-state index in [1.807, 2.05) is 24.3 Å². The number of aromatic amines is 1. The molecule has 1 aliphatic rings. The van der Waals surface area contributed by atoms with Crippen LogP contribution in [0.3, 0.4) is 0 Å². The molecular formula is C22H27N5O2S. The molecule has 30 heavy (non-hydrogen) atoms. The van der Waals surface area contributed by atoms with Gasteiger partial charge in [-0.1, -0.05) is 37.3 Å². The summed E-state index contributed by atoms with van der Waals surface area (Å²) in [6.45, 7) is 6.78. The molecule has 1 saturated heterocycles. The summed E-state index contributed by atoms with van der Waals surface area (Å²) in [6, 6.07) is 12.2. The lowest BCUT2D eigenvalue weighted by molar-refractivity contribution is 0.151. The number of anilines is 1. The fourth-order valence-corrected chi connectivity index (χ4v) is 4.75. The maximum Gasteiger partial charge on any atom is 0.407 e. The van der Waals surface area contributed by atoms with Crippen molar-refractivity contribution >= 4 is 23.2 Å². The SMILES string of the molecule is CCOC(=O)NCc1cc(-c2sc(-c3ccccc3)nc2N2CCCC(C)C2)n[nH]1. The van der Waals surface area contributed by atoms with Crippen molar-refractivity contribution in [3.8, 4) is 21.1 Å². The molecule has 8 heteroatoms. The number of benzene rings is 1. The van der Waals surface area contributed by atoms with E-state index in [2.05, 4.69) is 39.5 Å². The Balaban J connectivity index is 1.63. The lowest BCUT2D eigenvalue weighted by Crippen LogP contribution is -2.34. The first-order valence-electron chi connectivity index (χ1n) is 10.4. The molecular weight excluding hydrogens is 398 g/mol. The molecule has 0 radical (unpaired) electrons. The molecule has 1 aromatic carbocycles. The Kier molecular flexibility index (Phi) is 6.32. The molecule has 3 aromatic rings. The van der Waals surface area contributed by atoms with Crippen LogP contribution < -0.4 is 10.2 Å². The average molecular weight is 426 g/mol. The van der Waals surface area contributed by atoms with Gasteiger partial charge in [0.25, 0.3) is 0 Å². The fourth-order valence-electron chi connectivity index (χ4n) is 3.70. The normalized spacial score (nSPS) is 16.5. The van der Waals surface area contributed by atoms with Crippen molar-refractivity contribution in [2.24, 2.45) is 5.92 Å². The topological polar surface area (TPSA) is 83.1 Å². The van der Waals surface area contributed by atoms with Crippen LogP contribution in [0.4, 0.5) is 10.6 Å². The highest BCUT2D eigenvalue weighted by Gasteiger charge is 2.25. The number of nitrogens with one attached hydrogen (secondary N) is 2. The van der Waals surface area contributed by atoms with Gasteiger partial charge >= 0.3 is 6.09 Å². The van der Waals surface area contributed by atoms with Crippen LogP contribution in [0.5, 0.6) is 0 Å². The van der Waals surface area contributed by atoms with Crippen molar-refractivity contribution in [3.05, 3.63) is 42.1 Å². The second kappa shape index (κ2) is 9.30. The highest BCUT2D eigenvalue weighted by Crippen LogP contribution is 2.40. The number of ether oxygens (including phenoxy) is 1. The zero-order valence-electron chi connectivity index (χ0n) is 17.4. The molecule has 7 nitrogen and oxygen atoms in total. The third-order valence-electron chi connectivity index (χ3n) is 5.15. The number of alkyl carbamates (subject to hydrolysis) is 1. The van der Waals surface area contributed by atoms with Gasteiger partial charge in [-0.05, 0) is 31.7 Å². The molecule has 1 atom stereocenters. The Hall–Kier alpha value is -2.87. The fraction of sp³-hybridized carbons (Fsp3) is 0.409. The average Bonchev–Trinajstić information content (AvgIpc) is 3.40. The summed E-state index contributed by atoms with van der Waals surface area (Å²) < 4.78 is 4.92. The third kappa shape index (κ3) is 4.64. The van der Waals surface area contributed by atoms with Gasteiger partial charge in [-0.3, -0.25) is 5.10 Å².